The zero-order chi connectivity index (χ0) is 26.7. The molecule has 0 aromatic rings. The van der Waals surface area contributed by atoms with E-state index in [1.54, 1.807) is 20.8 Å². The van der Waals surface area contributed by atoms with E-state index < -0.39 is 61.2 Å². The van der Waals surface area contributed by atoms with Crippen LogP contribution in [0.15, 0.2) is 11.8 Å². The third-order valence-corrected chi connectivity index (χ3v) is 4.54. The summed E-state index contributed by atoms with van der Waals surface area (Å²) in [5.41, 5.74) is 0.189. The summed E-state index contributed by atoms with van der Waals surface area (Å²) in [4.78, 5) is 59.2. The van der Waals surface area contributed by atoms with Gasteiger partial charge >= 0.3 is 23.9 Å². The van der Waals surface area contributed by atoms with E-state index in [4.69, 9.17) is 33.2 Å². The lowest BCUT2D eigenvalue weighted by Gasteiger charge is -2.43. The van der Waals surface area contributed by atoms with Crippen molar-refractivity contribution in [1.82, 2.24) is 0 Å². The number of carbonyl (C=O) groups is 5. The van der Waals surface area contributed by atoms with E-state index in [-0.39, 0.29) is 30.5 Å². The van der Waals surface area contributed by atoms with Gasteiger partial charge < -0.3 is 33.2 Å². The zero-order valence-electron chi connectivity index (χ0n) is 21.1. The number of hydrogen-bond donors (Lipinski definition) is 0. The molecule has 1 saturated heterocycles. The Morgan fingerprint density at radius 2 is 1.37 bits per heavy atom. The lowest BCUT2D eigenvalue weighted by Crippen LogP contribution is -2.62. The molecule has 0 aromatic carbocycles. The van der Waals surface area contributed by atoms with Gasteiger partial charge in [0.1, 0.15) is 12.7 Å². The topological polar surface area (TPSA) is 150 Å². The molecule has 1 aliphatic heterocycles. The fourth-order valence-corrected chi connectivity index (χ4v) is 3.11. The summed E-state index contributed by atoms with van der Waals surface area (Å²) in [5.74, 6) is -3.16. The van der Waals surface area contributed by atoms with Gasteiger partial charge in [-0.3, -0.25) is 24.0 Å². The first-order valence-corrected chi connectivity index (χ1v) is 11.1. The number of hydrogen-bond acceptors (Lipinski definition) is 12. The number of carbonyl (C=O) groups excluding carboxylic acids is 5. The van der Waals surface area contributed by atoms with Crippen LogP contribution in [0.2, 0.25) is 0 Å². The Labute approximate surface area is 204 Å². The summed E-state index contributed by atoms with van der Waals surface area (Å²) in [6, 6.07) is 0. The minimum Gasteiger partial charge on any atom is -0.468 e. The van der Waals surface area contributed by atoms with Crippen molar-refractivity contribution in [1.29, 1.82) is 0 Å². The fourth-order valence-electron chi connectivity index (χ4n) is 3.11. The van der Waals surface area contributed by atoms with Gasteiger partial charge in [-0.1, -0.05) is 6.92 Å². The molecule has 0 bridgehead atoms. The summed E-state index contributed by atoms with van der Waals surface area (Å²) < 4.78 is 37.9. The van der Waals surface area contributed by atoms with Gasteiger partial charge in [-0.2, -0.15) is 0 Å². The molecule has 1 rings (SSSR count). The van der Waals surface area contributed by atoms with Gasteiger partial charge in [-0.25, -0.2) is 0 Å². The quantitative estimate of drug-likeness (QED) is 0.164. The highest BCUT2D eigenvalue weighted by Crippen LogP contribution is 2.30. The summed E-state index contributed by atoms with van der Waals surface area (Å²) in [6.45, 7) is 9.35. The van der Waals surface area contributed by atoms with Gasteiger partial charge in [-0.05, 0) is 13.8 Å². The molecule has 5 atom stereocenters. The molecular formula is C23H34O12. The minimum atomic E-state index is -1.42. The van der Waals surface area contributed by atoms with Crippen molar-refractivity contribution in [2.24, 2.45) is 0 Å². The zero-order valence-corrected chi connectivity index (χ0v) is 21.1. The van der Waals surface area contributed by atoms with Gasteiger partial charge in [0, 0.05) is 34.1 Å². The van der Waals surface area contributed by atoms with Crippen molar-refractivity contribution < 1.29 is 57.1 Å². The lowest BCUT2D eigenvalue weighted by atomic mass is 9.98. The van der Waals surface area contributed by atoms with E-state index in [1.807, 2.05) is 0 Å². The Morgan fingerprint density at radius 1 is 0.829 bits per heavy atom. The maximum Gasteiger partial charge on any atom is 0.303 e. The van der Waals surface area contributed by atoms with E-state index >= 15 is 0 Å². The van der Waals surface area contributed by atoms with Crippen LogP contribution in [-0.2, 0) is 57.1 Å². The van der Waals surface area contributed by atoms with Crippen molar-refractivity contribution >= 4 is 29.7 Å². The molecule has 1 fully saturated rings. The number of ether oxygens (including phenoxy) is 7. The minimum absolute atomic E-state index is 0.0460. The van der Waals surface area contributed by atoms with E-state index in [1.165, 1.54) is 6.92 Å². The first-order valence-electron chi connectivity index (χ1n) is 11.1. The average Bonchev–Trinajstić information content (AvgIpc) is 2.74. The maximum absolute atomic E-state index is 12.3. The van der Waals surface area contributed by atoms with Crippen molar-refractivity contribution in [3.63, 3.8) is 0 Å². The van der Waals surface area contributed by atoms with Crippen molar-refractivity contribution in [2.45, 2.75) is 91.7 Å². The molecule has 198 valence electrons. The standard InChI is InChI=1S/C23H34O12/c1-8-18(28)17(9-29-12(2)3)10-31-23-22(34-16(7)27)21(33-15(6)26)20(32-14(5)25)19(35-23)11-30-13(4)24/h10,12,19-23H,8-9,11H2,1-7H3/b17-10+/t19-,20-,21+,22-,23-/m1/s1. The Bertz CT molecular complexity index is 802. The molecule has 0 spiro atoms. The molecule has 0 amide bonds. The second-order valence-electron chi connectivity index (χ2n) is 7.98. The maximum atomic E-state index is 12.3. The Hall–Kier alpha value is -2.99. The van der Waals surface area contributed by atoms with Crippen LogP contribution in [0, 0.1) is 0 Å². The Kier molecular flexibility index (Phi) is 12.4. The first-order chi connectivity index (χ1) is 16.3. The summed E-state index contributed by atoms with van der Waals surface area (Å²) in [7, 11) is 0. The van der Waals surface area contributed by atoms with Crippen molar-refractivity contribution in [3.8, 4) is 0 Å². The number of rotatable bonds is 12. The third-order valence-electron chi connectivity index (χ3n) is 4.54. The molecule has 12 heteroatoms. The van der Waals surface area contributed by atoms with Gasteiger partial charge in [0.2, 0.25) is 12.4 Å². The molecule has 0 saturated carbocycles. The van der Waals surface area contributed by atoms with Crippen LogP contribution >= 0.6 is 0 Å². The third kappa shape index (κ3) is 10.4. The summed E-state index contributed by atoms with van der Waals surface area (Å²) in [5, 5.41) is 0. The van der Waals surface area contributed by atoms with E-state index in [0.717, 1.165) is 27.0 Å². The van der Waals surface area contributed by atoms with Gasteiger partial charge in [-0.15, -0.1) is 0 Å². The first kappa shape index (κ1) is 30.0. The summed E-state index contributed by atoms with van der Waals surface area (Å²) >= 11 is 0. The second kappa shape index (κ2) is 14.4. The largest absolute Gasteiger partial charge is 0.468 e. The van der Waals surface area contributed by atoms with Gasteiger partial charge in [0.15, 0.2) is 18.0 Å². The molecule has 0 N–H and O–H groups in total. The van der Waals surface area contributed by atoms with E-state index in [9.17, 15) is 24.0 Å². The van der Waals surface area contributed by atoms with Gasteiger partial charge in [0.25, 0.3) is 0 Å². The average molecular weight is 503 g/mol. The highest BCUT2D eigenvalue weighted by molar-refractivity contribution is 5.95. The predicted molar refractivity (Wildman–Crippen MR) is 118 cm³/mol. The molecule has 1 heterocycles. The number of ketones is 1. The lowest BCUT2D eigenvalue weighted by molar-refractivity contribution is -0.297. The molecule has 1 aliphatic rings. The van der Waals surface area contributed by atoms with Gasteiger partial charge in [0.05, 0.1) is 24.5 Å². The van der Waals surface area contributed by atoms with Crippen LogP contribution in [0.4, 0.5) is 0 Å². The SMILES string of the molecule is CCC(=O)/C(=C/O[C@@H]1O[C@H](COC(C)=O)[C@@H](OC(C)=O)[C@H](OC(C)=O)[C@H]1OC(C)=O)COC(C)C. The monoisotopic (exact) mass is 502 g/mol. The highest BCUT2D eigenvalue weighted by atomic mass is 16.7. The molecule has 0 aromatic heterocycles. The normalized spacial score (nSPS) is 24.3. The van der Waals surface area contributed by atoms with Crippen LogP contribution in [0.3, 0.4) is 0 Å². The molecule has 0 unspecified atom stereocenters. The predicted octanol–water partition coefficient (Wildman–Crippen LogP) is 1.37. The molecule has 12 nitrogen and oxygen atoms in total. The van der Waals surface area contributed by atoms with Crippen molar-refractivity contribution in [2.75, 3.05) is 13.2 Å². The molecule has 0 aliphatic carbocycles. The highest BCUT2D eigenvalue weighted by Gasteiger charge is 2.53. The van der Waals surface area contributed by atoms with E-state index in [0.29, 0.717) is 0 Å². The van der Waals surface area contributed by atoms with Crippen LogP contribution < -0.4 is 0 Å². The Morgan fingerprint density at radius 3 is 1.86 bits per heavy atom. The summed E-state index contributed by atoms with van der Waals surface area (Å²) in [6.07, 6.45) is -5.51. The second-order valence-corrected chi connectivity index (χ2v) is 7.98. The van der Waals surface area contributed by atoms with E-state index in [2.05, 4.69) is 0 Å². The molecular weight excluding hydrogens is 468 g/mol. The van der Waals surface area contributed by atoms with Crippen LogP contribution in [-0.4, -0.2) is 79.7 Å². The van der Waals surface area contributed by atoms with Crippen LogP contribution in [0.5, 0.6) is 0 Å². The number of Topliss-reactive ketones (excluding diaryl/α,β-unsaturated/α-hetero) is 1. The molecule has 35 heavy (non-hydrogen) atoms. The fraction of sp³-hybridized carbons (Fsp3) is 0.696. The Balaban J connectivity index is 3.41. The van der Waals surface area contributed by atoms with Crippen LogP contribution in [0.1, 0.15) is 54.9 Å². The molecule has 0 radical (unpaired) electrons. The smallest absolute Gasteiger partial charge is 0.303 e. The number of esters is 4. The van der Waals surface area contributed by atoms with Crippen molar-refractivity contribution in [3.05, 3.63) is 11.8 Å². The van der Waals surface area contributed by atoms with Crippen LogP contribution in [0.25, 0.3) is 0 Å².